The van der Waals surface area contributed by atoms with E-state index in [9.17, 15) is 13.2 Å². The average Bonchev–Trinajstić information content (AvgIpc) is 2.69. The highest BCUT2D eigenvalue weighted by atomic mass is 32.1. The first-order valence-electron chi connectivity index (χ1n) is 3.94. The summed E-state index contributed by atoms with van der Waals surface area (Å²) in [6, 6.07) is 2.56. The molecule has 0 fully saturated rings. The summed E-state index contributed by atoms with van der Waals surface area (Å²) in [7, 11) is 0. The number of hydrogen-bond acceptors (Lipinski definition) is 3. The number of rotatable bonds is 1. The average molecular weight is 233 g/mol. The van der Waals surface area contributed by atoms with Gasteiger partial charge >= 0.3 is 6.18 Å². The van der Waals surface area contributed by atoms with Crippen LogP contribution in [0, 0.1) is 0 Å². The van der Waals surface area contributed by atoms with Crippen LogP contribution in [0.3, 0.4) is 0 Å². The molecule has 0 aliphatic heterocycles. The van der Waals surface area contributed by atoms with Gasteiger partial charge in [-0.15, -0.1) is 11.3 Å². The molecular formula is C8H6F3N3S. The molecule has 0 unspecified atom stereocenters. The zero-order valence-corrected chi connectivity index (χ0v) is 8.12. The molecule has 0 spiro atoms. The van der Waals surface area contributed by atoms with E-state index >= 15 is 0 Å². The second-order valence-corrected chi connectivity index (χ2v) is 3.82. The highest BCUT2D eigenvalue weighted by Gasteiger charge is 2.32. The van der Waals surface area contributed by atoms with Crippen molar-refractivity contribution in [2.45, 2.75) is 6.18 Å². The maximum atomic E-state index is 12.3. The smallest absolute Gasteiger partial charge is 0.382 e. The van der Waals surface area contributed by atoms with Crippen LogP contribution in [0.25, 0.3) is 11.3 Å². The van der Waals surface area contributed by atoms with Crippen molar-refractivity contribution >= 4 is 17.2 Å². The van der Waals surface area contributed by atoms with Gasteiger partial charge in [-0.2, -0.15) is 18.3 Å². The van der Waals surface area contributed by atoms with Crippen molar-refractivity contribution in [3.05, 3.63) is 22.4 Å². The predicted molar refractivity (Wildman–Crippen MR) is 51.3 cm³/mol. The fourth-order valence-electron chi connectivity index (χ4n) is 1.11. The van der Waals surface area contributed by atoms with Gasteiger partial charge in [0, 0.05) is 17.0 Å². The summed E-state index contributed by atoms with van der Waals surface area (Å²) in [5, 5.41) is 7.60. The molecule has 0 aromatic carbocycles. The Kier molecular flexibility index (Phi) is 2.18. The molecule has 3 nitrogen and oxygen atoms in total. The number of nitrogens with one attached hydrogen (secondary N) is 1. The minimum Gasteiger partial charge on any atom is -0.382 e. The van der Waals surface area contributed by atoms with E-state index in [0.29, 0.717) is 22.6 Å². The lowest BCUT2D eigenvalue weighted by atomic mass is 10.2. The highest BCUT2D eigenvalue weighted by molar-refractivity contribution is 7.10. The quantitative estimate of drug-likeness (QED) is 0.795. The monoisotopic (exact) mass is 233 g/mol. The molecule has 3 N–H and O–H groups in total. The number of nitrogens with zero attached hydrogens (tertiary/aromatic N) is 1. The van der Waals surface area contributed by atoms with Crippen molar-refractivity contribution < 1.29 is 13.2 Å². The third-order valence-electron chi connectivity index (χ3n) is 1.79. The van der Waals surface area contributed by atoms with Crippen LogP contribution in [-0.4, -0.2) is 10.2 Å². The Morgan fingerprint density at radius 3 is 2.53 bits per heavy atom. The molecule has 2 aromatic rings. The Labute approximate surface area is 86.7 Å². The molecule has 0 amide bonds. The summed E-state index contributed by atoms with van der Waals surface area (Å²) in [4.78, 5) is -0.634. The molecule has 0 aliphatic carbocycles. The van der Waals surface area contributed by atoms with E-state index in [1.165, 1.54) is 11.4 Å². The zero-order chi connectivity index (χ0) is 11.1. The molecule has 7 heteroatoms. The van der Waals surface area contributed by atoms with Crippen molar-refractivity contribution in [2.75, 3.05) is 5.73 Å². The lowest BCUT2D eigenvalue weighted by molar-refractivity contribution is -0.134. The van der Waals surface area contributed by atoms with E-state index in [-0.39, 0.29) is 5.82 Å². The standard InChI is InChI=1S/C8H6F3N3S/c9-8(10,11)6-1-4(3-15-6)5-2-7(12)14-13-5/h1-3H,(H3,12,13,14). The molecule has 0 saturated carbocycles. The van der Waals surface area contributed by atoms with Crippen molar-refractivity contribution in [1.82, 2.24) is 10.2 Å². The van der Waals surface area contributed by atoms with Crippen LogP contribution in [0.5, 0.6) is 0 Å². The van der Waals surface area contributed by atoms with Gasteiger partial charge in [-0.25, -0.2) is 0 Å². The third kappa shape index (κ3) is 1.96. The zero-order valence-electron chi connectivity index (χ0n) is 7.30. The predicted octanol–water partition coefficient (Wildman–Crippen LogP) is 2.74. The summed E-state index contributed by atoms with van der Waals surface area (Å²) >= 11 is 0.647. The number of halogens is 3. The molecule has 2 aromatic heterocycles. The van der Waals surface area contributed by atoms with Crippen LogP contribution in [0.15, 0.2) is 17.5 Å². The van der Waals surface area contributed by atoms with Crippen LogP contribution in [0.4, 0.5) is 19.0 Å². The Morgan fingerprint density at radius 2 is 2.07 bits per heavy atom. The maximum Gasteiger partial charge on any atom is 0.425 e. The van der Waals surface area contributed by atoms with Gasteiger partial charge in [-0.3, -0.25) is 5.10 Å². The van der Waals surface area contributed by atoms with Crippen molar-refractivity contribution in [2.24, 2.45) is 0 Å². The lowest BCUT2D eigenvalue weighted by Crippen LogP contribution is -2.00. The van der Waals surface area contributed by atoms with Gasteiger partial charge in [-0.05, 0) is 6.07 Å². The fraction of sp³-hybridized carbons (Fsp3) is 0.125. The number of aromatic amines is 1. The maximum absolute atomic E-state index is 12.3. The van der Waals surface area contributed by atoms with Crippen LogP contribution in [0.1, 0.15) is 4.88 Å². The topological polar surface area (TPSA) is 54.7 Å². The molecule has 80 valence electrons. The van der Waals surface area contributed by atoms with Gasteiger partial charge in [-0.1, -0.05) is 0 Å². The highest BCUT2D eigenvalue weighted by Crippen LogP contribution is 2.36. The Morgan fingerprint density at radius 1 is 1.33 bits per heavy atom. The summed E-state index contributed by atoms with van der Waals surface area (Å²) < 4.78 is 36.8. The minimum atomic E-state index is -4.30. The molecule has 0 aliphatic rings. The number of alkyl halides is 3. The number of hydrogen-bond donors (Lipinski definition) is 2. The minimum absolute atomic E-state index is 0.254. The number of nitrogens with two attached hydrogens (primary N) is 1. The first-order chi connectivity index (χ1) is 6.97. The molecular weight excluding hydrogens is 227 g/mol. The van der Waals surface area contributed by atoms with Crippen LogP contribution < -0.4 is 5.73 Å². The lowest BCUT2D eigenvalue weighted by Gasteiger charge is -2.00. The summed E-state index contributed by atoms with van der Waals surface area (Å²) in [5.41, 5.74) is 6.27. The molecule has 15 heavy (non-hydrogen) atoms. The molecule has 2 heterocycles. The Bertz CT molecular complexity index is 471. The first-order valence-corrected chi connectivity index (χ1v) is 4.82. The van der Waals surface area contributed by atoms with E-state index in [0.717, 1.165) is 6.07 Å². The van der Waals surface area contributed by atoms with E-state index in [1.54, 1.807) is 0 Å². The summed E-state index contributed by atoms with van der Waals surface area (Å²) in [6.07, 6.45) is -4.30. The largest absolute Gasteiger partial charge is 0.425 e. The number of thiophene rings is 1. The summed E-state index contributed by atoms with van der Waals surface area (Å²) in [6.45, 7) is 0. The van der Waals surface area contributed by atoms with Gasteiger partial charge in [0.1, 0.15) is 10.7 Å². The molecule has 0 radical (unpaired) electrons. The van der Waals surface area contributed by atoms with Crippen LogP contribution in [-0.2, 0) is 6.18 Å². The SMILES string of the molecule is Nc1cc(-c2csc(C(F)(F)F)c2)[nH]n1. The molecule has 2 rings (SSSR count). The van der Waals surface area contributed by atoms with Crippen LogP contribution >= 0.6 is 11.3 Å². The van der Waals surface area contributed by atoms with Gasteiger partial charge in [0.05, 0.1) is 5.69 Å². The number of nitrogen functional groups attached to an aromatic ring is 1. The third-order valence-corrected chi connectivity index (χ3v) is 2.76. The van der Waals surface area contributed by atoms with Crippen molar-refractivity contribution in [1.29, 1.82) is 0 Å². The van der Waals surface area contributed by atoms with Crippen LogP contribution in [0.2, 0.25) is 0 Å². The molecule has 0 saturated heterocycles. The van der Waals surface area contributed by atoms with Crippen molar-refractivity contribution in [3.63, 3.8) is 0 Å². The Balaban J connectivity index is 2.36. The van der Waals surface area contributed by atoms with E-state index in [2.05, 4.69) is 10.2 Å². The van der Waals surface area contributed by atoms with Gasteiger partial charge < -0.3 is 5.73 Å². The number of H-pyrrole nitrogens is 1. The van der Waals surface area contributed by atoms with E-state index in [4.69, 9.17) is 5.73 Å². The first kappa shape index (κ1) is 10.0. The molecule has 0 bridgehead atoms. The van der Waals surface area contributed by atoms with E-state index in [1.807, 2.05) is 0 Å². The van der Waals surface area contributed by atoms with E-state index < -0.39 is 11.1 Å². The van der Waals surface area contributed by atoms with Gasteiger partial charge in [0.15, 0.2) is 0 Å². The van der Waals surface area contributed by atoms with Gasteiger partial charge in [0.2, 0.25) is 0 Å². The second kappa shape index (κ2) is 3.27. The fourth-order valence-corrected chi connectivity index (χ4v) is 1.89. The Hall–Kier alpha value is -1.50. The normalized spacial score (nSPS) is 11.9. The second-order valence-electron chi connectivity index (χ2n) is 2.90. The van der Waals surface area contributed by atoms with Gasteiger partial charge in [0.25, 0.3) is 0 Å². The van der Waals surface area contributed by atoms with Crippen molar-refractivity contribution in [3.8, 4) is 11.3 Å². The summed E-state index contributed by atoms with van der Waals surface area (Å²) in [5.74, 6) is 0.254. The number of aromatic nitrogens is 2. The molecule has 0 atom stereocenters. The number of anilines is 1.